The van der Waals surface area contributed by atoms with Crippen LogP contribution in [0.4, 0.5) is 24.9 Å². The summed E-state index contributed by atoms with van der Waals surface area (Å²) in [6.45, 7) is -1.56. The third-order valence-corrected chi connectivity index (χ3v) is 6.11. The van der Waals surface area contributed by atoms with Gasteiger partial charge in [-0.05, 0) is 24.3 Å². The summed E-state index contributed by atoms with van der Waals surface area (Å²) in [4.78, 5) is 12.5. The van der Waals surface area contributed by atoms with Gasteiger partial charge in [0.25, 0.3) is 0 Å². The Bertz CT molecular complexity index is 1400. The molecule has 0 saturated carbocycles. The number of fused-ring (bicyclic) bond motifs is 1. The molecule has 2 aromatic heterocycles. The lowest BCUT2D eigenvalue weighted by Gasteiger charge is -2.13. The van der Waals surface area contributed by atoms with Crippen LogP contribution in [0.3, 0.4) is 0 Å². The van der Waals surface area contributed by atoms with Crippen LogP contribution >= 0.6 is 0 Å². The predicted octanol–water partition coefficient (Wildman–Crippen LogP) is 1.77. The molecule has 0 bridgehead atoms. The third-order valence-electron chi connectivity index (χ3n) is 4.23. The van der Waals surface area contributed by atoms with E-state index >= 15 is 0 Å². The summed E-state index contributed by atoms with van der Waals surface area (Å²) in [5.41, 5.74) is 0.910. The van der Waals surface area contributed by atoms with Crippen molar-refractivity contribution in [2.24, 2.45) is 5.14 Å². The van der Waals surface area contributed by atoms with Crippen molar-refractivity contribution in [1.82, 2.24) is 15.0 Å². The number of sulfone groups is 1. The standard InChI is InChI=1S/C18H19F3N6O4S2/c1-32(28,29)12-4-2-3-11(9-12)13-5-6-14-15(25-13)16(24-10-18(19,20)21)27-17(26-14)23-7-8-33(22,30)31/h2-6,9H,7-8,10H2,1H3,(H2,22,30,31)(H2,23,24,26,27). The van der Waals surface area contributed by atoms with Crippen LogP contribution in [0.25, 0.3) is 22.3 Å². The van der Waals surface area contributed by atoms with E-state index in [1.54, 1.807) is 6.07 Å². The zero-order valence-corrected chi connectivity index (χ0v) is 18.7. The molecule has 0 aliphatic carbocycles. The Morgan fingerprint density at radius 2 is 1.73 bits per heavy atom. The van der Waals surface area contributed by atoms with Crippen LogP contribution in [0.5, 0.6) is 0 Å². The fourth-order valence-corrected chi connectivity index (χ4v) is 3.81. The van der Waals surface area contributed by atoms with E-state index in [9.17, 15) is 30.0 Å². The number of alkyl halides is 3. The predicted molar refractivity (Wildman–Crippen MR) is 117 cm³/mol. The zero-order valence-electron chi connectivity index (χ0n) is 17.1. The van der Waals surface area contributed by atoms with Crippen molar-refractivity contribution in [3.8, 4) is 11.3 Å². The molecular weight excluding hydrogens is 485 g/mol. The molecule has 0 atom stereocenters. The molecule has 0 aliphatic heterocycles. The van der Waals surface area contributed by atoms with Crippen LogP contribution in [0.15, 0.2) is 41.3 Å². The molecule has 0 saturated heterocycles. The van der Waals surface area contributed by atoms with Gasteiger partial charge in [0.15, 0.2) is 15.7 Å². The van der Waals surface area contributed by atoms with E-state index in [2.05, 4.69) is 25.6 Å². The van der Waals surface area contributed by atoms with E-state index in [0.29, 0.717) is 11.3 Å². The van der Waals surface area contributed by atoms with Gasteiger partial charge < -0.3 is 10.6 Å². The molecule has 0 radical (unpaired) electrons. The topological polar surface area (TPSA) is 157 Å². The molecule has 2 heterocycles. The highest BCUT2D eigenvalue weighted by molar-refractivity contribution is 7.90. The summed E-state index contributed by atoms with van der Waals surface area (Å²) in [5.74, 6) is -0.797. The molecule has 0 aliphatic rings. The van der Waals surface area contributed by atoms with Crippen LogP contribution in [0, 0.1) is 0 Å². The van der Waals surface area contributed by atoms with Gasteiger partial charge in [-0.2, -0.15) is 18.2 Å². The van der Waals surface area contributed by atoms with E-state index in [1.165, 1.54) is 30.3 Å². The lowest BCUT2D eigenvalue weighted by atomic mass is 10.1. The number of anilines is 2. The SMILES string of the molecule is CS(=O)(=O)c1cccc(-c2ccc3nc(NCCS(N)(=O)=O)nc(NCC(F)(F)F)c3n2)c1. The lowest BCUT2D eigenvalue weighted by Crippen LogP contribution is -2.24. The first-order valence-corrected chi connectivity index (χ1v) is 12.9. The van der Waals surface area contributed by atoms with Crippen molar-refractivity contribution in [3.05, 3.63) is 36.4 Å². The number of hydrogen-bond donors (Lipinski definition) is 3. The Labute approximate surface area is 187 Å². The fourth-order valence-electron chi connectivity index (χ4n) is 2.75. The number of nitrogens with two attached hydrogens (primary N) is 1. The molecule has 3 aromatic rings. The average Bonchev–Trinajstić information content (AvgIpc) is 2.69. The molecule has 0 unspecified atom stereocenters. The molecule has 1 aromatic carbocycles. The van der Waals surface area contributed by atoms with Gasteiger partial charge in [0.1, 0.15) is 12.1 Å². The Morgan fingerprint density at radius 1 is 1.00 bits per heavy atom. The molecule has 3 rings (SSSR count). The maximum atomic E-state index is 12.8. The second-order valence-electron chi connectivity index (χ2n) is 7.02. The Hall–Kier alpha value is -3.04. The zero-order chi connectivity index (χ0) is 24.4. The average molecular weight is 505 g/mol. The van der Waals surface area contributed by atoms with Gasteiger partial charge in [0, 0.05) is 18.4 Å². The Balaban J connectivity index is 2.04. The Morgan fingerprint density at radius 3 is 2.36 bits per heavy atom. The van der Waals surface area contributed by atoms with E-state index in [4.69, 9.17) is 5.14 Å². The Kier molecular flexibility index (Phi) is 6.76. The lowest BCUT2D eigenvalue weighted by molar-refractivity contribution is -0.115. The van der Waals surface area contributed by atoms with Crippen molar-refractivity contribution in [2.45, 2.75) is 11.1 Å². The number of sulfonamides is 1. The van der Waals surface area contributed by atoms with Crippen molar-refractivity contribution in [1.29, 1.82) is 0 Å². The van der Waals surface area contributed by atoms with Crippen molar-refractivity contribution in [3.63, 3.8) is 0 Å². The summed E-state index contributed by atoms with van der Waals surface area (Å²) < 4.78 is 84.2. The molecule has 0 amide bonds. The summed E-state index contributed by atoms with van der Waals surface area (Å²) in [6, 6.07) is 8.95. The molecular formula is C18H19F3N6O4S2. The van der Waals surface area contributed by atoms with E-state index < -0.39 is 38.3 Å². The molecule has 178 valence electrons. The summed E-state index contributed by atoms with van der Waals surface area (Å²) in [7, 11) is -7.25. The fraction of sp³-hybridized carbons (Fsp3) is 0.278. The largest absolute Gasteiger partial charge is 0.405 e. The molecule has 4 N–H and O–H groups in total. The molecule has 0 spiro atoms. The number of hydrogen-bond acceptors (Lipinski definition) is 9. The van der Waals surface area contributed by atoms with Crippen molar-refractivity contribution >= 4 is 42.7 Å². The minimum atomic E-state index is -4.54. The quantitative estimate of drug-likeness (QED) is 0.416. The number of nitrogens with one attached hydrogen (secondary N) is 2. The number of aromatic nitrogens is 3. The van der Waals surface area contributed by atoms with E-state index in [1.807, 2.05) is 0 Å². The highest BCUT2D eigenvalue weighted by Gasteiger charge is 2.27. The number of nitrogens with zero attached hydrogens (tertiary/aromatic N) is 3. The number of primary sulfonamides is 1. The molecule has 0 fully saturated rings. The molecule has 33 heavy (non-hydrogen) atoms. The first-order valence-electron chi connectivity index (χ1n) is 9.25. The van der Waals surface area contributed by atoms with Gasteiger partial charge in [-0.15, -0.1) is 0 Å². The summed E-state index contributed by atoms with van der Waals surface area (Å²) >= 11 is 0. The van der Waals surface area contributed by atoms with E-state index in [0.717, 1.165) is 6.26 Å². The summed E-state index contributed by atoms with van der Waals surface area (Å²) in [5, 5.41) is 9.71. The third kappa shape index (κ3) is 6.97. The van der Waals surface area contributed by atoms with Crippen LogP contribution in [-0.4, -0.2) is 63.1 Å². The smallest absolute Gasteiger partial charge is 0.359 e. The van der Waals surface area contributed by atoms with Crippen LogP contribution in [0.2, 0.25) is 0 Å². The number of pyridine rings is 1. The van der Waals surface area contributed by atoms with Gasteiger partial charge in [-0.1, -0.05) is 12.1 Å². The molecule has 15 heteroatoms. The van der Waals surface area contributed by atoms with Gasteiger partial charge in [0.05, 0.1) is 21.9 Å². The second-order valence-corrected chi connectivity index (χ2v) is 10.8. The monoisotopic (exact) mass is 504 g/mol. The van der Waals surface area contributed by atoms with Gasteiger partial charge >= 0.3 is 6.18 Å². The number of rotatable bonds is 8. The highest BCUT2D eigenvalue weighted by atomic mass is 32.2. The van der Waals surface area contributed by atoms with Gasteiger partial charge in [0.2, 0.25) is 16.0 Å². The van der Waals surface area contributed by atoms with Crippen LogP contribution < -0.4 is 15.8 Å². The van der Waals surface area contributed by atoms with Crippen molar-refractivity contribution < 1.29 is 30.0 Å². The number of halogens is 3. The minimum Gasteiger partial charge on any atom is -0.359 e. The maximum absolute atomic E-state index is 12.8. The maximum Gasteiger partial charge on any atom is 0.405 e. The minimum absolute atomic E-state index is 0.0125. The van der Waals surface area contributed by atoms with Crippen LogP contribution in [-0.2, 0) is 19.9 Å². The van der Waals surface area contributed by atoms with Crippen molar-refractivity contribution in [2.75, 3.05) is 35.7 Å². The van der Waals surface area contributed by atoms with Crippen LogP contribution in [0.1, 0.15) is 0 Å². The first-order chi connectivity index (χ1) is 15.2. The highest BCUT2D eigenvalue weighted by Crippen LogP contribution is 2.27. The van der Waals surface area contributed by atoms with Gasteiger partial charge in [-0.25, -0.2) is 31.9 Å². The summed E-state index contributed by atoms with van der Waals surface area (Å²) in [6.07, 6.45) is -3.49. The number of benzene rings is 1. The second kappa shape index (κ2) is 9.07. The first kappa shape index (κ1) is 24.6. The normalized spacial score (nSPS) is 12.6. The van der Waals surface area contributed by atoms with E-state index in [-0.39, 0.29) is 34.2 Å². The van der Waals surface area contributed by atoms with Gasteiger partial charge in [-0.3, -0.25) is 0 Å². The molecule has 10 nitrogen and oxygen atoms in total.